The molecule has 70 valence electrons. The zero-order valence-electron chi connectivity index (χ0n) is 7.07. The highest BCUT2D eigenvalue weighted by Crippen LogP contribution is 2.23. The van der Waals surface area contributed by atoms with E-state index in [1.54, 1.807) is 12.1 Å². The van der Waals surface area contributed by atoms with Crippen LogP contribution in [0, 0.1) is 0 Å². The molecule has 0 amide bonds. The number of aliphatic hydroxyl groups is 1. The lowest BCUT2D eigenvalue weighted by Gasteiger charge is -2.09. The number of aliphatic hydroxyl groups excluding tert-OH is 1. The molecule has 0 fully saturated rings. The average Bonchev–Trinajstić information content (AvgIpc) is 2.04. The number of hydrogen-bond donors (Lipinski definition) is 2. The zero-order valence-corrected chi connectivity index (χ0v) is 7.83. The molecule has 3 heteroatoms. The van der Waals surface area contributed by atoms with E-state index >= 15 is 0 Å². The summed E-state index contributed by atoms with van der Waals surface area (Å²) in [6.07, 6.45) is -0.322. The standard InChI is InChI=1S/C10H11ClO2/c1-7(11)6-10(13)8-2-4-9(12)5-3-8/h2-5,10,12-13H,1,6H2. The molecule has 0 aliphatic rings. The molecule has 0 aromatic heterocycles. The molecule has 2 N–H and O–H groups in total. The van der Waals surface area contributed by atoms with Crippen molar-refractivity contribution in [2.75, 3.05) is 0 Å². The summed E-state index contributed by atoms with van der Waals surface area (Å²) in [6, 6.07) is 6.35. The number of phenolic OH excluding ortho intramolecular Hbond substituents is 1. The van der Waals surface area contributed by atoms with E-state index in [-0.39, 0.29) is 5.75 Å². The van der Waals surface area contributed by atoms with Crippen LogP contribution in [0.15, 0.2) is 35.9 Å². The molecule has 1 aromatic carbocycles. The van der Waals surface area contributed by atoms with Crippen LogP contribution in [0.2, 0.25) is 0 Å². The van der Waals surface area contributed by atoms with Crippen LogP contribution in [0.4, 0.5) is 0 Å². The molecule has 1 rings (SSSR count). The molecule has 1 unspecified atom stereocenters. The van der Waals surface area contributed by atoms with Crippen molar-refractivity contribution in [1.82, 2.24) is 0 Å². The Bertz CT molecular complexity index is 292. The molecule has 1 aromatic rings. The molecular formula is C10H11ClO2. The number of aromatic hydroxyl groups is 1. The summed E-state index contributed by atoms with van der Waals surface area (Å²) < 4.78 is 0. The Morgan fingerprint density at radius 2 is 1.92 bits per heavy atom. The predicted octanol–water partition coefficient (Wildman–Crippen LogP) is 2.57. The first-order valence-electron chi connectivity index (χ1n) is 3.90. The van der Waals surface area contributed by atoms with E-state index in [2.05, 4.69) is 6.58 Å². The lowest BCUT2D eigenvalue weighted by Crippen LogP contribution is -1.96. The van der Waals surface area contributed by atoms with Crippen molar-refractivity contribution in [3.05, 3.63) is 41.4 Å². The van der Waals surface area contributed by atoms with Gasteiger partial charge in [0.1, 0.15) is 5.75 Å². The summed E-state index contributed by atoms with van der Waals surface area (Å²) >= 11 is 5.55. The highest BCUT2D eigenvalue weighted by atomic mass is 35.5. The van der Waals surface area contributed by atoms with Crippen LogP contribution in [0.5, 0.6) is 5.75 Å². The molecule has 0 spiro atoms. The van der Waals surface area contributed by atoms with Gasteiger partial charge in [-0.2, -0.15) is 0 Å². The molecule has 0 saturated carbocycles. The fourth-order valence-corrected chi connectivity index (χ4v) is 1.17. The minimum Gasteiger partial charge on any atom is -0.508 e. The van der Waals surface area contributed by atoms with Gasteiger partial charge in [0.05, 0.1) is 6.10 Å². The van der Waals surface area contributed by atoms with Crippen molar-refractivity contribution >= 4 is 11.6 Å². The summed E-state index contributed by atoms with van der Waals surface area (Å²) in [7, 11) is 0. The number of hydrogen-bond acceptors (Lipinski definition) is 2. The van der Waals surface area contributed by atoms with Gasteiger partial charge in [-0.05, 0) is 17.7 Å². The Kier molecular flexibility index (Phi) is 3.34. The Morgan fingerprint density at radius 3 is 2.38 bits per heavy atom. The normalized spacial score (nSPS) is 12.5. The van der Waals surface area contributed by atoms with Gasteiger partial charge in [0.15, 0.2) is 0 Å². The van der Waals surface area contributed by atoms with Gasteiger partial charge in [-0.25, -0.2) is 0 Å². The van der Waals surface area contributed by atoms with Gasteiger partial charge < -0.3 is 10.2 Å². The summed E-state index contributed by atoms with van der Waals surface area (Å²) in [5.74, 6) is 0.181. The third-order valence-electron chi connectivity index (χ3n) is 1.69. The monoisotopic (exact) mass is 198 g/mol. The van der Waals surface area contributed by atoms with Gasteiger partial charge in [0.2, 0.25) is 0 Å². The first-order valence-corrected chi connectivity index (χ1v) is 4.27. The van der Waals surface area contributed by atoms with Crippen molar-refractivity contribution < 1.29 is 10.2 Å². The maximum Gasteiger partial charge on any atom is 0.115 e. The van der Waals surface area contributed by atoms with Gasteiger partial charge in [0, 0.05) is 11.5 Å². The fraction of sp³-hybridized carbons (Fsp3) is 0.200. The van der Waals surface area contributed by atoms with Gasteiger partial charge in [-0.15, -0.1) is 0 Å². The van der Waals surface area contributed by atoms with E-state index in [1.807, 2.05) is 0 Å². The van der Waals surface area contributed by atoms with E-state index < -0.39 is 6.10 Å². The lowest BCUT2D eigenvalue weighted by atomic mass is 10.1. The maximum absolute atomic E-state index is 9.55. The van der Waals surface area contributed by atoms with E-state index in [1.165, 1.54) is 12.1 Å². The highest BCUT2D eigenvalue weighted by molar-refractivity contribution is 6.29. The van der Waals surface area contributed by atoms with Crippen LogP contribution < -0.4 is 0 Å². The van der Waals surface area contributed by atoms with Gasteiger partial charge >= 0.3 is 0 Å². The molecule has 0 aliphatic heterocycles. The third kappa shape index (κ3) is 3.09. The van der Waals surface area contributed by atoms with E-state index in [0.29, 0.717) is 11.5 Å². The molecule has 2 nitrogen and oxygen atoms in total. The number of rotatable bonds is 3. The summed E-state index contributed by atoms with van der Waals surface area (Å²) in [4.78, 5) is 0. The first kappa shape index (κ1) is 10.1. The summed E-state index contributed by atoms with van der Waals surface area (Å²) in [6.45, 7) is 3.49. The largest absolute Gasteiger partial charge is 0.508 e. The molecule has 0 bridgehead atoms. The Balaban J connectivity index is 2.71. The molecule has 13 heavy (non-hydrogen) atoms. The minimum atomic E-state index is -0.648. The van der Waals surface area contributed by atoms with Crippen LogP contribution >= 0.6 is 11.6 Å². The SMILES string of the molecule is C=C(Cl)CC(O)c1ccc(O)cc1. The quantitative estimate of drug-likeness (QED) is 0.784. The lowest BCUT2D eigenvalue weighted by molar-refractivity contribution is 0.180. The molecule has 0 heterocycles. The molecule has 0 radical (unpaired) electrons. The van der Waals surface area contributed by atoms with Crippen molar-refractivity contribution in [3.8, 4) is 5.75 Å². The van der Waals surface area contributed by atoms with Crippen molar-refractivity contribution in [3.63, 3.8) is 0 Å². The van der Waals surface area contributed by atoms with Crippen molar-refractivity contribution in [2.24, 2.45) is 0 Å². The Labute approximate surface area is 82.1 Å². The highest BCUT2D eigenvalue weighted by Gasteiger charge is 2.07. The van der Waals surface area contributed by atoms with Crippen molar-refractivity contribution in [2.45, 2.75) is 12.5 Å². The average molecular weight is 199 g/mol. The first-order chi connectivity index (χ1) is 6.09. The Morgan fingerprint density at radius 1 is 1.38 bits per heavy atom. The minimum absolute atomic E-state index is 0.181. The number of phenols is 1. The molecule has 1 atom stereocenters. The second-order valence-electron chi connectivity index (χ2n) is 2.83. The van der Waals surface area contributed by atoms with Gasteiger partial charge in [0.25, 0.3) is 0 Å². The third-order valence-corrected chi connectivity index (χ3v) is 1.85. The summed E-state index contributed by atoms with van der Waals surface area (Å²) in [5, 5.41) is 19.0. The molecular weight excluding hydrogens is 188 g/mol. The fourth-order valence-electron chi connectivity index (χ4n) is 1.02. The Hall–Kier alpha value is -0.990. The van der Waals surface area contributed by atoms with E-state index in [4.69, 9.17) is 16.7 Å². The zero-order chi connectivity index (χ0) is 9.84. The van der Waals surface area contributed by atoms with Crippen LogP contribution in [-0.4, -0.2) is 10.2 Å². The smallest absolute Gasteiger partial charge is 0.115 e. The molecule has 0 aliphatic carbocycles. The number of benzene rings is 1. The second-order valence-corrected chi connectivity index (χ2v) is 3.36. The van der Waals surface area contributed by atoms with Crippen LogP contribution in [-0.2, 0) is 0 Å². The summed E-state index contributed by atoms with van der Waals surface area (Å²) in [5.41, 5.74) is 0.722. The van der Waals surface area contributed by atoms with Gasteiger partial charge in [-0.3, -0.25) is 0 Å². The second kappa shape index (κ2) is 4.30. The van der Waals surface area contributed by atoms with E-state index in [0.717, 1.165) is 5.56 Å². The topological polar surface area (TPSA) is 40.5 Å². The van der Waals surface area contributed by atoms with Crippen LogP contribution in [0.25, 0.3) is 0 Å². The predicted molar refractivity (Wildman–Crippen MR) is 52.7 cm³/mol. The molecule has 0 saturated heterocycles. The number of halogens is 1. The van der Waals surface area contributed by atoms with E-state index in [9.17, 15) is 5.11 Å². The maximum atomic E-state index is 9.55. The van der Waals surface area contributed by atoms with Crippen molar-refractivity contribution in [1.29, 1.82) is 0 Å². The van der Waals surface area contributed by atoms with Crippen LogP contribution in [0.1, 0.15) is 18.1 Å². The van der Waals surface area contributed by atoms with Crippen LogP contribution in [0.3, 0.4) is 0 Å². The van der Waals surface area contributed by atoms with Gasteiger partial charge in [-0.1, -0.05) is 30.3 Å².